The predicted molar refractivity (Wildman–Crippen MR) is 290 cm³/mol. The van der Waals surface area contributed by atoms with E-state index in [0.717, 1.165) is 29.9 Å². The molecule has 0 atom stereocenters. The van der Waals surface area contributed by atoms with Gasteiger partial charge in [-0.05, 0) is 168 Å². The maximum absolute atomic E-state index is 2.58. The largest absolute Gasteiger partial charge is 0.310 e. The highest BCUT2D eigenvalue weighted by Crippen LogP contribution is 2.58. The maximum Gasteiger partial charge on any atom is 0.0467 e. The Morgan fingerprint density at radius 2 is 0.806 bits per heavy atom. The summed E-state index contributed by atoms with van der Waals surface area (Å²) in [5, 5.41) is 10.8. The standard InChI is InChI=1S/C65H47NS/c1-3-65(4-2)60-41-57-54-28-14-12-26-52(54)51-25-11-13-27-53(51)56(57)40-58(60)55-34-36-62-63(64(55)65)59-39-47(33-35-61(59)67-62)46-20-16-24-50(38-46)66(48-21-9-6-10-22-48)49-23-15-19-45(37-49)44-31-29-43(30-32-44)42-17-7-5-8-18-42/h5-41H,3-4H2,1-2H3. The number of benzene rings is 11. The van der Waals surface area contributed by atoms with Crippen molar-refractivity contribution >= 4 is 80.9 Å². The van der Waals surface area contributed by atoms with Crippen LogP contribution in [-0.2, 0) is 5.41 Å². The Morgan fingerprint density at radius 3 is 1.43 bits per heavy atom. The van der Waals surface area contributed by atoms with Crippen molar-refractivity contribution in [3.05, 3.63) is 236 Å². The number of fused-ring (bicyclic) bond motifs is 13. The molecule has 1 aromatic heterocycles. The number of hydrogen-bond acceptors (Lipinski definition) is 2. The van der Waals surface area contributed by atoms with Crippen LogP contribution in [0, 0.1) is 0 Å². The Morgan fingerprint density at radius 1 is 0.343 bits per heavy atom. The first-order chi connectivity index (χ1) is 33.1. The molecule has 12 aromatic rings. The fraction of sp³-hybridized carbons (Fsp3) is 0.0769. The van der Waals surface area contributed by atoms with E-state index < -0.39 is 0 Å². The Hall–Kier alpha value is -7.78. The van der Waals surface area contributed by atoms with Gasteiger partial charge >= 0.3 is 0 Å². The van der Waals surface area contributed by atoms with Crippen molar-refractivity contribution in [2.45, 2.75) is 32.1 Å². The summed E-state index contributed by atoms with van der Waals surface area (Å²) in [4.78, 5) is 2.39. The van der Waals surface area contributed by atoms with Crippen LogP contribution in [0.5, 0.6) is 0 Å². The minimum absolute atomic E-state index is 0.107. The third kappa shape index (κ3) is 6.20. The van der Waals surface area contributed by atoms with Crippen molar-refractivity contribution in [3.8, 4) is 44.5 Å². The van der Waals surface area contributed by atoms with Crippen LogP contribution in [0.4, 0.5) is 17.1 Å². The number of nitrogens with zero attached hydrogens (tertiary/aromatic N) is 1. The van der Waals surface area contributed by atoms with E-state index in [1.807, 2.05) is 11.3 Å². The second-order valence-corrected chi connectivity index (χ2v) is 19.3. The van der Waals surface area contributed by atoms with Crippen LogP contribution in [0.1, 0.15) is 37.8 Å². The van der Waals surface area contributed by atoms with Gasteiger partial charge in [0.25, 0.3) is 0 Å². The van der Waals surface area contributed by atoms with E-state index in [0.29, 0.717) is 0 Å². The SMILES string of the molecule is CCC1(CC)c2cc3c4ccccc4c4ccccc4c3cc2-c2ccc3sc4ccc(-c5cccc(N(c6ccccc6)c6cccc(-c7ccc(-c8ccccc8)cc7)c6)c5)cc4c3c21. The Balaban J connectivity index is 0.940. The van der Waals surface area contributed by atoms with E-state index in [2.05, 4.69) is 243 Å². The second kappa shape index (κ2) is 15.7. The molecule has 2 heteroatoms. The second-order valence-electron chi connectivity index (χ2n) is 18.2. The molecule has 0 fully saturated rings. The molecule has 1 aliphatic rings. The lowest BCUT2D eigenvalue weighted by molar-refractivity contribution is 0.495. The number of hydrogen-bond donors (Lipinski definition) is 0. The zero-order chi connectivity index (χ0) is 44.6. The molecule has 0 spiro atoms. The van der Waals surface area contributed by atoms with E-state index in [4.69, 9.17) is 0 Å². The van der Waals surface area contributed by atoms with Gasteiger partial charge in [0, 0.05) is 42.6 Å². The van der Waals surface area contributed by atoms with Crippen LogP contribution in [-0.4, -0.2) is 0 Å². The molecule has 0 N–H and O–H groups in total. The summed E-state index contributed by atoms with van der Waals surface area (Å²) in [6, 6.07) is 83.4. The van der Waals surface area contributed by atoms with Crippen LogP contribution < -0.4 is 4.90 Å². The molecule has 1 aliphatic carbocycles. The molecule has 1 nitrogen and oxygen atoms in total. The quantitative estimate of drug-likeness (QED) is 0.138. The van der Waals surface area contributed by atoms with Crippen molar-refractivity contribution in [1.29, 1.82) is 0 Å². The number of rotatable bonds is 8. The molecule has 0 bridgehead atoms. The number of para-hydroxylation sites is 1. The van der Waals surface area contributed by atoms with Gasteiger partial charge in [0.2, 0.25) is 0 Å². The molecule has 0 aliphatic heterocycles. The van der Waals surface area contributed by atoms with Crippen LogP contribution in [0.2, 0.25) is 0 Å². The maximum atomic E-state index is 2.58. The molecule has 0 amide bonds. The molecule has 1 heterocycles. The molecule has 67 heavy (non-hydrogen) atoms. The van der Waals surface area contributed by atoms with Gasteiger partial charge in [-0.25, -0.2) is 0 Å². The summed E-state index contributed by atoms with van der Waals surface area (Å²) < 4.78 is 2.70. The van der Waals surface area contributed by atoms with Crippen LogP contribution in [0.3, 0.4) is 0 Å². The molecule has 0 radical (unpaired) electrons. The van der Waals surface area contributed by atoms with E-state index in [1.165, 1.54) is 108 Å². The lowest BCUT2D eigenvalue weighted by atomic mass is 9.72. The van der Waals surface area contributed by atoms with Crippen molar-refractivity contribution < 1.29 is 0 Å². The van der Waals surface area contributed by atoms with Crippen LogP contribution in [0.25, 0.3) is 97.0 Å². The van der Waals surface area contributed by atoms with Crippen LogP contribution >= 0.6 is 11.3 Å². The van der Waals surface area contributed by atoms with Gasteiger partial charge in [-0.1, -0.05) is 172 Å². The van der Waals surface area contributed by atoms with Crippen molar-refractivity contribution in [2.75, 3.05) is 4.90 Å². The lowest BCUT2D eigenvalue weighted by Gasteiger charge is -2.31. The third-order valence-electron chi connectivity index (χ3n) is 14.9. The highest BCUT2D eigenvalue weighted by atomic mass is 32.1. The third-order valence-corrected chi connectivity index (χ3v) is 16.0. The monoisotopic (exact) mass is 873 g/mol. The average Bonchev–Trinajstić information content (AvgIpc) is 3.91. The Bertz CT molecular complexity index is 3880. The molecular weight excluding hydrogens is 827 g/mol. The van der Waals surface area contributed by atoms with Gasteiger partial charge in [-0.15, -0.1) is 11.3 Å². The zero-order valence-corrected chi connectivity index (χ0v) is 38.4. The van der Waals surface area contributed by atoms with E-state index in [-0.39, 0.29) is 5.41 Å². The summed E-state index contributed by atoms with van der Waals surface area (Å²) in [5.74, 6) is 0. The highest BCUT2D eigenvalue weighted by molar-refractivity contribution is 7.25. The van der Waals surface area contributed by atoms with Gasteiger partial charge in [0.15, 0.2) is 0 Å². The summed E-state index contributed by atoms with van der Waals surface area (Å²) in [6.07, 6.45) is 2.07. The minimum atomic E-state index is -0.107. The molecule has 318 valence electrons. The first-order valence-corrected chi connectivity index (χ1v) is 24.5. The molecule has 13 rings (SSSR count). The van der Waals surface area contributed by atoms with Crippen LogP contribution in [0.15, 0.2) is 224 Å². The van der Waals surface area contributed by atoms with Crippen molar-refractivity contribution in [2.24, 2.45) is 0 Å². The smallest absolute Gasteiger partial charge is 0.0467 e. The van der Waals surface area contributed by atoms with Gasteiger partial charge in [-0.3, -0.25) is 0 Å². The molecule has 0 saturated carbocycles. The predicted octanol–water partition coefficient (Wildman–Crippen LogP) is 19.1. The summed E-state index contributed by atoms with van der Waals surface area (Å²) in [6.45, 7) is 4.82. The Labute approximate surface area is 395 Å². The van der Waals surface area contributed by atoms with Gasteiger partial charge in [-0.2, -0.15) is 0 Å². The van der Waals surface area contributed by atoms with Crippen molar-refractivity contribution in [1.82, 2.24) is 0 Å². The van der Waals surface area contributed by atoms with Crippen molar-refractivity contribution in [3.63, 3.8) is 0 Å². The Kier molecular flexibility index (Phi) is 9.27. The van der Waals surface area contributed by atoms with Gasteiger partial charge in [0.1, 0.15) is 0 Å². The van der Waals surface area contributed by atoms with Gasteiger partial charge < -0.3 is 4.90 Å². The highest BCUT2D eigenvalue weighted by Gasteiger charge is 2.43. The summed E-state index contributed by atoms with van der Waals surface area (Å²) in [7, 11) is 0. The first-order valence-electron chi connectivity index (χ1n) is 23.7. The fourth-order valence-corrected chi connectivity index (χ4v) is 12.7. The molecular formula is C65H47NS. The normalized spacial score (nSPS) is 12.9. The lowest BCUT2D eigenvalue weighted by Crippen LogP contribution is -2.23. The molecule has 11 aromatic carbocycles. The summed E-state index contributed by atoms with van der Waals surface area (Å²) >= 11 is 1.93. The minimum Gasteiger partial charge on any atom is -0.310 e. The van der Waals surface area contributed by atoms with E-state index >= 15 is 0 Å². The van der Waals surface area contributed by atoms with E-state index in [9.17, 15) is 0 Å². The number of anilines is 3. The average molecular weight is 874 g/mol. The zero-order valence-electron chi connectivity index (χ0n) is 37.6. The first kappa shape index (κ1) is 39.6. The fourth-order valence-electron chi connectivity index (χ4n) is 11.6. The molecule has 0 saturated heterocycles. The topological polar surface area (TPSA) is 3.24 Å². The number of thiophene rings is 1. The van der Waals surface area contributed by atoms with Gasteiger partial charge in [0.05, 0.1) is 0 Å². The molecule has 0 unspecified atom stereocenters. The summed E-state index contributed by atoms with van der Waals surface area (Å²) in [5.41, 5.74) is 16.3. The van der Waals surface area contributed by atoms with E-state index in [1.54, 1.807) is 0 Å².